The average molecular weight is 217 g/mol. The predicted octanol–water partition coefficient (Wildman–Crippen LogP) is 1.52. The van der Waals surface area contributed by atoms with E-state index >= 15 is 0 Å². The van der Waals surface area contributed by atoms with Gasteiger partial charge in [0.25, 0.3) is 0 Å². The molecule has 0 bridgehead atoms. The predicted molar refractivity (Wildman–Crippen MR) is 53.3 cm³/mol. The molecule has 0 unspecified atom stereocenters. The number of carbonyl (C=O) groups excluding carboxylic acids is 1. The van der Waals surface area contributed by atoms with Crippen LogP contribution in [0, 0.1) is 0 Å². The third kappa shape index (κ3) is 1.62. The fourth-order valence-electron chi connectivity index (χ4n) is 1.47. The zero-order chi connectivity index (χ0) is 10.9. The molecule has 0 radical (unpaired) electrons. The van der Waals surface area contributed by atoms with E-state index in [9.17, 15) is 4.79 Å². The van der Waals surface area contributed by atoms with Crippen LogP contribution in [0.2, 0.25) is 5.02 Å². The third-order valence-electron chi connectivity index (χ3n) is 2.18. The molecule has 0 aromatic carbocycles. The highest BCUT2D eigenvalue weighted by Crippen LogP contribution is 2.30. The highest BCUT2D eigenvalue weighted by molar-refractivity contribution is 6.31. The monoisotopic (exact) mass is 216 g/mol. The Kier molecular flexibility index (Phi) is 2.85. The van der Waals surface area contributed by atoms with Crippen molar-refractivity contribution in [2.24, 2.45) is 7.05 Å². The first kappa shape index (κ1) is 11.0. The van der Waals surface area contributed by atoms with Gasteiger partial charge in [-0.25, -0.2) is 0 Å². The first-order valence-corrected chi connectivity index (χ1v) is 4.55. The van der Waals surface area contributed by atoms with Gasteiger partial charge in [-0.05, 0) is 13.8 Å². The van der Waals surface area contributed by atoms with Gasteiger partial charge in [-0.1, -0.05) is 11.6 Å². The minimum Gasteiger partial charge on any atom is -0.468 e. The number of ether oxygens (including phenoxy) is 1. The van der Waals surface area contributed by atoms with E-state index in [0.717, 1.165) is 0 Å². The molecule has 0 amide bonds. The van der Waals surface area contributed by atoms with Crippen LogP contribution in [0.1, 0.15) is 19.5 Å². The minimum absolute atomic E-state index is 0.331. The molecule has 1 rings (SSSR count). The fraction of sp³-hybridized carbons (Fsp3) is 0.556. The maximum Gasteiger partial charge on any atom is 0.317 e. The quantitative estimate of drug-likeness (QED) is 0.705. The van der Waals surface area contributed by atoms with Crippen molar-refractivity contribution in [1.29, 1.82) is 0 Å². The Morgan fingerprint density at radius 3 is 2.57 bits per heavy atom. The maximum atomic E-state index is 11.5. The van der Waals surface area contributed by atoms with Crippen molar-refractivity contribution in [3.63, 3.8) is 0 Å². The van der Waals surface area contributed by atoms with E-state index in [1.165, 1.54) is 13.3 Å². The Morgan fingerprint density at radius 1 is 1.64 bits per heavy atom. The van der Waals surface area contributed by atoms with Crippen LogP contribution in [0.15, 0.2) is 6.20 Å². The Bertz CT molecular complexity index is 338. The largest absolute Gasteiger partial charge is 0.468 e. The number of hydrogen-bond acceptors (Lipinski definition) is 3. The van der Waals surface area contributed by atoms with E-state index in [1.807, 2.05) is 0 Å². The topological polar surface area (TPSA) is 44.1 Å². The van der Waals surface area contributed by atoms with E-state index in [1.54, 1.807) is 25.6 Å². The molecule has 1 heterocycles. The summed E-state index contributed by atoms with van der Waals surface area (Å²) in [5, 5.41) is 4.45. The van der Waals surface area contributed by atoms with Crippen LogP contribution in [0.25, 0.3) is 0 Å². The van der Waals surface area contributed by atoms with E-state index in [-0.39, 0.29) is 5.97 Å². The van der Waals surface area contributed by atoms with Crippen molar-refractivity contribution in [3.05, 3.63) is 16.9 Å². The van der Waals surface area contributed by atoms with Crippen molar-refractivity contribution in [1.82, 2.24) is 9.78 Å². The second-order valence-corrected chi connectivity index (χ2v) is 3.99. The van der Waals surface area contributed by atoms with Gasteiger partial charge in [-0.3, -0.25) is 9.48 Å². The molecule has 14 heavy (non-hydrogen) atoms. The molecular weight excluding hydrogens is 204 g/mol. The van der Waals surface area contributed by atoms with Crippen molar-refractivity contribution in [2.45, 2.75) is 19.3 Å². The highest BCUT2D eigenvalue weighted by Gasteiger charge is 2.35. The van der Waals surface area contributed by atoms with E-state index in [4.69, 9.17) is 16.3 Å². The molecule has 0 spiro atoms. The van der Waals surface area contributed by atoms with Crippen LogP contribution in [-0.4, -0.2) is 22.9 Å². The number of aromatic nitrogens is 2. The summed E-state index contributed by atoms with van der Waals surface area (Å²) in [6.07, 6.45) is 1.52. The van der Waals surface area contributed by atoms with E-state index in [0.29, 0.717) is 10.7 Å². The smallest absolute Gasteiger partial charge is 0.317 e. The van der Waals surface area contributed by atoms with Crippen LogP contribution in [0.5, 0.6) is 0 Å². The number of nitrogens with zero attached hydrogens (tertiary/aromatic N) is 2. The lowest BCUT2D eigenvalue weighted by Crippen LogP contribution is -2.32. The number of carbonyl (C=O) groups is 1. The van der Waals surface area contributed by atoms with Gasteiger partial charge in [-0.2, -0.15) is 5.10 Å². The summed E-state index contributed by atoms with van der Waals surface area (Å²) in [5.74, 6) is -0.331. The van der Waals surface area contributed by atoms with Crippen LogP contribution in [0.3, 0.4) is 0 Å². The first-order chi connectivity index (χ1) is 6.41. The van der Waals surface area contributed by atoms with Crippen LogP contribution in [0.4, 0.5) is 0 Å². The van der Waals surface area contributed by atoms with E-state index in [2.05, 4.69) is 5.10 Å². The molecule has 5 heteroatoms. The number of methoxy groups -OCH3 is 1. The zero-order valence-corrected chi connectivity index (χ0v) is 9.42. The van der Waals surface area contributed by atoms with Crippen molar-refractivity contribution >= 4 is 17.6 Å². The lowest BCUT2D eigenvalue weighted by molar-refractivity contribution is -0.146. The summed E-state index contributed by atoms with van der Waals surface area (Å²) in [5.41, 5.74) is -0.122. The summed E-state index contributed by atoms with van der Waals surface area (Å²) in [7, 11) is 3.10. The molecule has 0 aliphatic rings. The Labute approximate surface area is 87.8 Å². The van der Waals surface area contributed by atoms with Gasteiger partial charge in [0.05, 0.1) is 24.0 Å². The summed E-state index contributed by atoms with van der Waals surface area (Å²) in [6.45, 7) is 3.50. The highest BCUT2D eigenvalue weighted by atomic mass is 35.5. The number of rotatable bonds is 2. The molecule has 0 aliphatic heterocycles. The van der Waals surface area contributed by atoms with Crippen molar-refractivity contribution < 1.29 is 9.53 Å². The van der Waals surface area contributed by atoms with Gasteiger partial charge in [0, 0.05) is 7.05 Å². The maximum absolute atomic E-state index is 11.5. The lowest BCUT2D eigenvalue weighted by atomic mass is 9.89. The Hall–Kier alpha value is -1.03. The summed E-state index contributed by atoms with van der Waals surface area (Å²) >= 11 is 5.94. The average Bonchev–Trinajstić information content (AvgIpc) is 2.44. The SMILES string of the molecule is COC(=O)C(C)(C)c1c(Cl)cnn1C. The van der Waals surface area contributed by atoms with Gasteiger partial charge < -0.3 is 4.74 Å². The molecule has 78 valence electrons. The van der Waals surface area contributed by atoms with Gasteiger partial charge >= 0.3 is 5.97 Å². The molecule has 0 aliphatic carbocycles. The molecule has 4 nitrogen and oxygen atoms in total. The summed E-state index contributed by atoms with van der Waals surface area (Å²) < 4.78 is 6.29. The molecule has 0 fully saturated rings. The van der Waals surface area contributed by atoms with E-state index < -0.39 is 5.41 Å². The summed E-state index contributed by atoms with van der Waals surface area (Å²) in [4.78, 5) is 11.5. The molecular formula is C9H13ClN2O2. The second kappa shape index (κ2) is 3.61. The molecule has 0 N–H and O–H groups in total. The Balaban J connectivity index is 3.21. The Morgan fingerprint density at radius 2 is 2.21 bits per heavy atom. The van der Waals surface area contributed by atoms with Crippen molar-refractivity contribution in [2.75, 3.05) is 7.11 Å². The normalized spacial score (nSPS) is 11.5. The number of hydrogen-bond donors (Lipinski definition) is 0. The molecule has 0 saturated carbocycles. The molecule has 1 aromatic rings. The number of esters is 1. The molecule has 1 aromatic heterocycles. The number of halogens is 1. The first-order valence-electron chi connectivity index (χ1n) is 4.17. The van der Waals surface area contributed by atoms with Crippen LogP contribution in [-0.2, 0) is 22.0 Å². The lowest BCUT2D eigenvalue weighted by Gasteiger charge is -2.22. The summed E-state index contributed by atoms with van der Waals surface area (Å²) in [6, 6.07) is 0. The van der Waals surface area contributed by atoms with Gasteiger partial charge in [-0.15, -0.1) is 0 Å². The fourth-order valence-corrected chi connectivity index (χ4v) is 1.87. The van der Waals surface area contributed by atoms with Crippen LogP contribution < -0.4 is 0 Å². The second-order valence-electron chi connectivity index (χ2n) is 3.58. The van der Waals surface area contributed by atoms with Gasteiger partial charge in [0.2, 0.25) is 0 Å². The number of aryl methyl sites for hydroxylation is 1. The van der Waals surface area contributed by atoms with Gasteiger partial charge in [0.15, 0.2) is 0 Å². The zero-order valence-electron chi connectivity index (χ0n) is 8.67. The van der Waals surface area contributed by atoms with Gasteiger partial charge in [0.1, 0.15) is 5.41 Å². The third-order valence-corrected chi connectivity index (χ3v) is 2.46. The standard InChI is InChI=1S/C9H13ClN2O2/c1-9(2,8(13)14-4)7-6(10)5-11-12(7)3/h5H,1-4H3. The van der Waals surface area contributed by atoms with Crippen molar-refractivity contribution in [3.8, 4) is 0 Å². The van der Waals surface area contributed by atoms with Crippen LogP contribution >= 0.6 is 11.6 Å². The molecule has 0 atom stereocenters. The minimum atomic E-state index is -0.781. The molecule has 0 saturated heterocycles.